The third kappa shape index (κ3) is 3.72. The lowest BCUT2D eigenvalue weighted by molar-refractivity contribution is 0.100. The smallest absolute Gasteiger partial charge is 0.336 e. The summed E-state index contributed by atoms with van der Waals surface area (Å²) in [6.45, 7) is 1.87. The van der Waals surface area contributed by atoms with Crippen LogP contribution in [0.15, 0.2) is 42.5 Å². The highest BCUT2D eigenvalue weighted by molar-refractivity contribution is 7.82. The number of carbonyl (C=O) groups is 2. The number of carbonyl (C=O) groups excluding carboxylic acids is 2. The molecule has 0 atom stereocenters. The summed E-state index contributed by atoms with van der Waals surface area (Å²) in [5.74, 6) is -0.531. The number of amides is 3. The van der Waals surface area contributed by atoms with Gasteiger partial charge in [0.1, 0.15) is 0 Å². The zero-order chi connectivity index (χ0) is 16.3. The first kappa shape index (κ1) is 16.2. The molecule has 3 amide bonds. The van der Waals surface area contributed by atoms with Crippen molar-refractivity contribution in [3.05, 3.63) is 58.6 Å². The number of hydrogen-bond acceptors (Lipinski definition) is 3. The second-order valence-electron chi connectivity index (χ2n) is 4.62. The Morgan fingerprint density at radius 1 is 1.18 bits per heavy atom. The maximum atomic E-state index is 12.1. The summed E-state index contributed by atoms with van der Waals surface area (Å²) < 4.78 is 1.12. The normalized spacial score (nSPS) is 10.1. The molecule has 114 valence electrons. The van der Waals surface area contributed by atoms with E-state index in [0.717, 1.165) is 9.87 Å². The van der Waals surface area contributed by atoms with E-state index in [4.69, 9.17) is 17.3 Å². The Morgan fingerprint density at radius 3 is 2.36 bits per heavy atom. The van der Waals surface area contributed by atoms with Gasteiger partial charge >= 0.3 is 6.03 Å². The highest BCUT2D eigenvalue weighted by Crippen LogP contribution is 2.22. The third-order valence-electron chi connectivity index (χ3n) is 3.01. The molecule has 7 heteroatoms. The van der Waals surface area contributed by atoms with Gasteiger partial charge in [0.15, 0.2) is 0 Å². The molecular formula is C15H14ClN3O2S. The lowest BCUT2D eigenvalue weighted by atomic mass is 10.2. The third-order valence-corrected chi connectivity index (χ3v) is 3.83. The number of nitrogens with two attached hydrogens (primary N) is 1. The van der Waals surface area contributed by atoms with Gasteiger partial charge in [0, 0.05) is 16.3 Å². The predicted octanol–water partition coefficient (Wildman–Crippen LogP) is 3.63. The molecule has 0 aliphatic carbocycles. The van der Waals surface area contributed by atoms with Gasteiger partial charge in [-0.25, -0.2) is 9.10 Å². The number of thiol groups is 1. The number of aryl methyl sites for hydroxylation is 1. The van der Waals surface area contributed by atoms with Crippen molar-refractivity contribution in [3.63, 3.8) is 0 Å². The zero-order valence-corrected chi connectivity index (χ0v) is 13.4. The number of halogens is 1. The fourth-order valence-corrected chi connectivity index (χ4v) is 2.10. The Bertz CT molecular complexity index is 719. The minimum atomic E-state index is -0.531. The van der Waals surface area contributed by atoms with E-state index in [9.17, 15) is 9.59 Å². The molecule has 0 radical (unpaired) electrons. The number of hydrogen-bond donors (Lipinski definition) is 3. The van der Waals surface area contributed by atoms with Gasteiger partial charge in [-0.3, -0.25) is 4.79 Å². The largest absolute Gasteiger partial charge is 0.366 e. The maximum Gasteiger partial charge on any atom is 0.336 e. The van der Waals surface area contributed by atoms with E-state index in [1.54, 1.807) is 24.3 Å². The Hall–Kier alpha value is -2.18. The van der Waals surface area contributed by atoms with E-state index in [-0.39, 0.29) is 0 Å². The summed E-state index contributed by atoms with van der Waals surface area (Å²) in [6.07, 6.45) is 0. The van der Waals surface area contributed by atoms with E-state index in [0.29, 0.717) is 22.0 Å². The first-order valence-corrected chi connectivity index (χ1v) is 7.12. The summed E-state index contributed by atoms with van der Waals surface area (Å²) in [5, 5.41) is 3.24. The molecule has 2 aromatic rings. The van der Waals surface area contributed by atoms with Crippen LogP contribution in [0.4, 0.5) is 16.2 Å². The fourth-order valence-electron chi connectivity index (χ4n) is 1.73. The summed E-state index contributed by atoms with van der Waals surface area (Å²) in [7, 11) is 0. The van der Waals surface area contributed by atoms with Crippen LogP contribution in [0.2, 0.25) is 5.02 Å². The van der Waals surface area contributed by atoms with Gasteiger partial charge in [-0.1, -0.05) is 30.5 Å². The van der Waals surface area contributed by atoms with Gasteiger partial charge in [0.25, 0.3) is 0 Å². The van der Waals surface area contributed by atoms with Crippen molar-refractivity contribution in [2.24, 2.45) is 5.73 Å². The lowest BCUT2D eigenvalue weighted by Crippen LogP contribution is -2.26. The van der Waals surface area contributed by atoms with Crippen LogP contribution in [0.1, 0.15) is 15.9 Å². The Morgan fingerprint density at radius 2 is 1.82 bits per heavy atom. The van der Waals surface area contributed by atoms with Crippen LogP contribution in [0, 0.1) is 6.92 Å². The Labute approximate surface area is 138 Å². The maximum absolute atomic E-state index is 12.1. The van der Waals surface area contributed by atoms with E-state index in [1.807, 2.05) is 13.0 Å². The van der Waals surface area contributed by atoms with Crippen LogP contribution in [0.25, 0.3) is 0 Å². The standard InChI is InChI=1S/C15H14ClN3O2S/c1-9-2-5-11(8-13(9)16)18-15(21)19(22)12-6-3-10(4-7-12)14(17)20/h2-8,22H,1H3,(H2,17,20)(H,18,21). The molecule has 2 rings (SSSR count). The van der Waals surface area contributed by atoms with Gasteiger partial charge < -0.3 is 11.1 Å². The van der Waals surface area contributed by atoms with Crippen molar-refractivity contribution in [1.82, 2.24) is 0 Å². The molecule has 0 aliphatic rings. The van der Waals surface area contributed by atoms with Crippen LogP contribution in [-0.2, 0) is 0 Å². The monoisotopic (exact) mass is 335 g/mol. The van der Waals surface area contributed by atoms with Crippen LogP contribution in [0.5, 0.6) is 0 Å². The van der Waals surface area contributed by atoms with Crippen molar-refractivity contribution in [2.45, 2.75) is 6.92 Å². The van der Waals surface area contributed by atoms with E-state index < -0.39 is 11.9 Å². The molecule has 5 nitrogen and oxygen atoms in total. The average molecular weight is 336 g/mol. The van der Waals surface area contributed by atoms with Crippen molar-refractivity contribution >= 4 is 47.7 Å². The molecule has 3 N–H and O–H groups in total. The summed E-state index contributed by atoms with van der Waals surface area (Å²) in [6, 6.07) is 11.0. The van der Waals surface area contributed by atoms with Crippen molar-refractivity contribution in [3.8, 4) is 0 Å². The second kappa shape index (κ2) is 6.72. The van der Waals surface area contributed by atoms with Crippen LogP contribution in [-0.4, -0.2) is 11.9 Å². The molecule has 0 bridgehead atoms. The highest BCUT2D eigenvalue weighted by Gasteiger charge is 2.13. The molecule has 0 aromatic heterocycles. The molecule has 0 fully saturated rings. The first-order valence-electron chi connectivity index (χ1n) is 6.34. The van der Waals surface area contributed by atoms with Crippen LogP contribution < -0.4 is 15.4 Å². The van der Waals surface area contributed by atoms with Crippen molar-refractivity contribution < 1.29 is 9.59 Å². The second-order valence-corrected chi connectivity index (χ2v) is 5.42. The van der Waals surface area contributed by atoms with E-state index in [1.165, 1.54) is 12.1 Å². The van der Waals surface area contributed by atoms with Crippen LogP contribution in [0.3, 0.4) is 0 Å². The predicted molar refractivity (Wildman–Crippen MR) is 91.6 cm³/mol. The Kier molecular flexibility index (Phi) is 4.95. The molecule has 2 aromatic carbocycles. The minimum Gasteiger partial charge on any atom is -0.366 e. The van der Waals surface area contributed by atoms with Gasteiger partial charge in [0.05, 0.1) is 5.69 Å². The van der Waals surface area contributed by atoms with E-state index >= 15 is 0 Å². The quantitative estimate of drug-likeness (QED) is 0.749. The van der Waals surface area contributed by atoms with E-state index in [2.05, 4.69) is 18.1 Å². The number of benzene rings is 2. The molecule has 0 saturated carbocycles. The summed E-state index contributed by atoms with van der Waals surface area (Å²) in [4.78, 5) is 23.1. The highest BCUT2D eigenvalue weighted by atomic mass is 35.5. The lowest BCUT2D eigenvalue weighted by Gasteiger charge is -2.17. The fraction of sp³-hybridized carbons (Fsp3) is 0.0667. The average Bonchev–Trinajstić information content (AvgIpc) is 2.50. The van der Waals surface area contributed by atoms with Gasteiger partial charge in [-0.2, -0.15) is 0 Å². The molecule has 0 saturated heterocycles. The number of anilines is 2. The zero-order valence-electron chi connectivity index (χ0n) is 11.7. The van der Waals surface area contributed by atoms with Crippen molar-refractivity contribution in [1.29, 1.82) is 0 Å². The molecule has 0 unspecified atom stereocenters. The molecular weight excluding hydrogens is 322 g/mol. The minimum absolute atomic E-state index is 0.358. The topological polar surface area (TPSA) is 75.4 Å². The van der Waals surface area contributed by atoms with Gasteiger partial charge in [-0.15, -0.1) is 0 Å². The first-order chi connectivity index (χ1) is 10.4. The SMILES string of the molecule is Cc1ccc(NC(=O)N(S)c2ccc(C(N)=O)cc2)cc1Cl. The molecule has 22 heavy (non-hydrogen) atoms. The van der Waals surface area contributed by atoms with Crippen LogP contribution >= 0.6 is 24.4 Å². The molecule has 0 spiro atoms. The van der Waals surface area contributed by atoms with Gasteiger partial charge in [-0.05, 0) is 48.9 Å². The number of nitrogens with zero attached hydrogens (tertiary/aromatic N) is 1. The molecule has 0 heterocycles. The number of nitrogens with one attached hydrogen (secondary N) is 1. The number of rotatable bonds is 3. The summed E-state index contributed by atoms with van der Waals surface area (Å²) in [5.41, 5.74) is 7.51. The number of urea groups is 1. The summed E-state index contributed by atoms with van der Waals surface area (Å²) >= 11 is 10.2. The Balaban J connectivity index is 2.11. The van der Waals surface area contributed by atoms with Crippen molar-refractivity contribution in [2.75, 3.05) is 9.62 Å². The molecule has 0 aliphatic heterocycles. The van der Waals surface area contributed by atoms with Gasteiger partial charge in [0.2, 0.25) is 5.91 Å². The number of primary amides is 1.